The zero-order valence-corrected chi connectivity index (χ0v) is 15.5. The first kappa shape index (κ1) is 18.8. The maximum atomic E-state index is 12.2. The summed E-state index contributed by atoms with van der Waals surface area (Å²) in [5, 5.41) is 13.4. The molecule has 4 rings (SSSR count). The summed E-state index contributed by atoms with van der Waals surface area (Å²) in [5.41, 5.74) is 4.76. The number of anilines is 1. The van der Waals surface area contributed by atoms with E-state index in [1.165, 1.54) is 0 Å². The molecule has 1 aromatic heterocycles. The fourth-order valence-electron chi connectivity index (χ4n) is 2.86. The highest BCUT2D eigenvalue weighted by Crippen LogP contribution is 2.36. The van der Waals surface area contributed by atoms with Crippen molar-refractivity contribution < 1.29 is 14.5 Å². The first-order chi connectivity index (χ1) is 14.6. The second-order valence-corrected chi connectivity index (χ2v) is 6.16. The summed E-state index contributed by atoms with van der Waals surface area (Å²) in [6, 6.07) is 21.3. The number of ether oxygens (including phenoxy) is 1. The van der Waals surface area contributed by atoms with Crippen LogP contribution in [0.5, 0.6) is 11.6 Å². The van der Waals surface area contributed by atoms with Crippen LogP contribution in [0.25, 0.3) is 10.8 Å². The number of rotatable bonds is 6. The molecule has 0 saturated heterocycles. The Morgan fingerprint density at radius 1 is 0.933 bits per heavy atom. The van der Waals surface area contributed by atoms with E-state index >= 15 is 0 Å². The number of hydrogen-bond donors (Lipinski definition) is 2. The van der Waals surface area contributed by atoms with Crippen LogP contribution < -0.4 is 15.6 Å². The Hall–Kier alpha value is -4.53. The lowest BCUT2D eigenvalue weighted by Gasteiger charge is -2.11. The number of amides is 1. The van der Waals surface area contributed by atoms with Crippen LogP contribution in [0.2, 0.25) is 0 Å². The van der Waals surface area contributed by atoms with Crippen molar-refractivity contribution in [2.24, 2.45) is 0 Å². The van der Waals surface area contributed by atoms with Crippen molar-refractivity contribution >= 4 is 28.2 Å². The molecule has 0 atom stereocenters. The molecule has 3 aromatic carbocycles. The lowest BCUT2D eigenvalue weighted by Crippen LogP contribution is -2.30. The van der Waals surface area contributed by atoms with Gasteiger partial charge in [-0.25, -0.2) is 4.98 Å². The number of carbonyl (C=O) groups is 1. The van der Waals surface area contributed by atoms with Crippen LogP contribution in [0.3, 0.4) is 0 Å². The molecule has 0 aliphatic heterocycles. The van der Waals surface area contributed by atoms with Crippen LogP contribution in [-0.4, -0.2) is 20.8 Å². The molecule has 2 N–H and O–H groups in total. The molecule has 148 valence electrons. The van der Waals surface area contributed by atoms with E-state index < -0.39 is 16.5 Å². The lowest BCUT2D eigenvalue weighted by molar-refractivity contribution is -0.385. The number of hydrogen-bond acceptors (Lipinski definition) is 7. The fraction of sp³-hybridized carbons (Fsp3) is 0. The summed E-state index contributed by atoms with van der Waals surface area (Å²) >= 11 is 0. The second-order valence-electron chi connectivity index (χ2n) is 6.16. The highest BCUT2D eigenvalue weighted by atomic mass is 16.6. The van der Waals surface area contributed by atoms with E-state index in [2.05, 4.69) is 20.8 Å². The molecule has 0 unspecified atom stereocenters. The second kappa shape index (κ2) is 8.23. The van der Waals surface area contributed by atoms with Gasteiger partial charge in [-0.15, -0.1) is 0 Å². The zero-order chi connectivity index (χ0) is 20.9. The smallest absolute Gasteiger partial charge is 0.374 e. The Kier molecular flexibility index (Phi) is 5.16. The number of nitrogens with zero attached hydrogens (tertiary/aromatic N) is 3. The quantitative estimate of drug-likeness (QED) is 0.369. The number of benzene rings is 3. The summed E-state index contributed by atoms with van der Waals surface area (Å²) in [6.07, 6.45) is 1.12. The molecular formula is C21H15N5O4. The predicted octanol–water partition coefficient (Wildman–Crippen LogP) is 4.09. The van der Waals surface area contributed by atoms with E-state index in [1.807, 2.05) is 30.3 Å². The molecule has 9 heteroatoms. The van der Waals surface area contributed by atoms with Crippen LogP contribution in [-0.2, 0) is 0 Å². The van der Waals surface area contributed by atoms with E-state index in [0.29, 0.717) is 11.3 Å². The molecule has 0 aliphatic carbocycles. The molecule has 0 aliphatic rings. The molecule has 0 radical (unpaired) electrons. The summed E-state index contributed by atoms with van der Waals surface area (Å²) in [6.45, 7) is 0. The molecule has 0 bridgehead atoms. The fourth-order valence-corrected chi connectivity index (χ4v) is 2.86. The minimum Gasteiger partial charge on any atom is -0.433 e. The SMILES string of the molecule is O=C(NNc1ncnc(Oc2cccc3ccccc23)c1[N+](=O)[O-])c1ccccc1. The molecular weight excluding hydrogens is 386 g/mol. The van der Waals surface area contributed by atoms with Crippen molar-refractivity contribution in [3.05, 3.63) is 94.8 Å². The maximum Gasteiger partial charge on any atom is 0.374 e. The summed E-state index contributed by atoms with van der Waals surface area (Å²) in [4.78, 5) is 31.0. The molecule has 0 fully saturated rings. The number of nitrogens with one attached hydrogen (secondary N) is 2. The standard InChI is InChI=1S/C21H15N5O4/c27-20(15-8-2-1-3-9-15)25-24-19-18(26(28)29)21(23-13-22-19)30-17-12-6-10-14-7-4-5-11-16(14)17/h1-13H,(H,25,27)(H,22,23,24). The number of aromatic nitrogens is 2. The third-order valence-corrected chi connectivity index (χ3v) is 4.26. The Morgan fingerprint density at radius 2 is 1.67 bits per heavy atom. The van der Waals surface area contributed by atoms with Crippen LogP contribution in [0.1, 0.15) is 10.4 Å². The minimum atomic E-state index is -0.669. The van der Waals surface area contributed by atoms with Crippen LogP contribution >= 0.6 is 0 Å². The van der Waals surface area contributed by atoms with Crippen molar-refractivity contribution in [3.63, 3.8) is 0 Å². The number of carbonyl (C=O) groups excluding carboxylic acids is 1. The average molecular weight is 401 g/mol. The van der Waals surface area contributed by atoms with Gasteiger partial charge in [-0.05, 0) is 23.6 Å². The van der Waals surface area contributed by atoms with Gasteiger partial charge in [0.05, 0.1) is 4.92 Å². The highest BCUT2D eigenvalue weighted by Gasteiger charge is 2.26. The van der Waals surface area contributed by atoms with Crippen molar-refractivity contribution in [2.45, 2.75) is 0 Å². The molecule has 4 aromatic rings. The van der Waals surface area contributed by atoms with E-state index in [-0.39, 0.29) is 11.7 Å². The van der Waals surface area contributed by atoms with E-state index in [4.69, 9.17) is 4.74 Å². The van der Waals surface area contributed by atoms with Crippen LogP contribution in [0.15, 0.2) is 79.1 Å². The van der Waals surface area contributed by atoms with Gasteiger partial charge in [0.15, 0.2) is 0 Å². The summed E-state index contributed by atoms with van der Waals surface area (Å²) in [5.74, 6) is -0.508. The van der Waals surface area contributed by atoms with Gasteiger partial charge in [-0.1, -0.05) is 54.6 Å². The Balaban J connectivity index is 1.63. The molecule has 1 heterocycles. The van der Waals surface area contributed by atoms with E-state index in [0.717, 1.165) is 17.1 Å². The highest BCUT2D eigenvalue weighted by molar-refractivity contribution is 5.95. The first-order valence-corrected chi connectivity index (χ1v) is 8.90. The predicted molar refractivity (Wildman–Crippen MR) is 110 cm³/mol. The van der Waals surface area contributed by atoms with Gasteiger partial charge in [-0.3, -0.25) is 25.8 Å². The Bertz CT molecular complexity index is 1230. The number of hydrazine groups is 1. The van der Waals surface area contributed by atoms with Crippen molar-refractivity contribution in [2.75, 3.05) is 5.43 Å². The van der Waals surface area contributed by atoms with E-state index in [1.54, 1.807) is 42.5 Å². The van der Waals surface area contributed by atoms with Gasteiger partial charge in [0, 0.05) is 10.9 Å². The topological polar surface area (TPSA) is 119 Å². The molecule has 0 spiro atoms. The number of fused-ring (bicyclic) bond motifs is 1. The molecule has 9 nitrogen and oxygen atoms in total. The van der Waals surface area contributed by atoms with Gasteiger partial charge in [0.25, 0.3) is 5.91 Å². The van der Waals surface area contributed by atoms with Crippen LogP contribution in [0.4, 0.5) is 11.5 Å². The van der Waals surface area contributed by atoms with Crippen molar-refractivity contribution in [1.29, 1.82) is 0 Å². The van der Waals surface area contributed by atoms with Gasteiger partial charge in [0.2, 0.25) is 5.82 Å². The lowest BCUT2D eigenvalue weighted by atomic mass is 10.1. The van der Waals surface area contributed by atoms with Gasteiger partial charge < -0.3 is 4.74 Å². The number of nitro groups is 1. The normalized spacial score (nSPS) is 10.4. The van der Waals surface area contributed by atoms with Crippen molar-refractivity contribution in [3.8, 4) is 11.6 Å². The van der Waals surface area contributed by atoms with E-state index in [9.17, 15) is 14.9 Å². The van der Waals surface area contributed by atoms with Gasteiger partial charge in [-0.2, -0.15) is 4.98 Å². The Labute approximate surface area is 170 Å². The first-order valence-electron chi connectivity index (χ1n) is 8.90. The molecule has 1 amide bonds. The Morgan fingerprint density at radius 3 is 2.47 bits per heavy atom. The zero-order valence-electron chi connectivity index (χ0n) is 15.5. The summed E-state index contributed by atoms with van der Waals surface area (Å²) < 4.78 is 5.77. The molecule has 30 heavy (non-hydrogen) atoms. The average Bonchev–Trinajstić information content (AvgIpc) is 2.78. The third-order valence-electron chi connectivity index (χ3n) is 4.26. The van der Waals surface area contributed by atoms with Crippen molar-refractivity contribution in [1.82, 2.24) is 15.4 Å². The molecule has 0 saturated carbocycles. The maximum absolute atomic E-state index is 12.2. The van der Waals surface area contributed by atoms with Crippen LogP contribution in [0, 0.1) is 10.1 Å². The monoisotopic (exact) mass is 401 g/mol. The van der Waals surface area contributed by atoms with Gasteiger partial charge in [0.1, 0.15) is 12.1 Å². The van der Waals surface area contributed by atoms with Gasteiger partial charge >= 0.3 is 11.6 Å². The largest absolute Gasteiger partial charge is 0.433 e. The summed E-state index contributed by atoms with van der Waals surface area (Å²) in [7, 11) is 0. The minimum absolute atomic E-state index is 0.200. The third kappa shape index (κ3) is 3.85.